The van der Waals surface area contributed by atoms with Gasteiger partial charge < -0.3 is 4.74 Å². The third-order valence-electron chi connectivity index (χ3n) is 2.85. The molecule has 1 aromatic rings. The smallest absolute Gasteiger partial charge is 0.243 e. The lowest BCUT2D eigenvalue weighted by molar-refractivity contribution is 0.117. The van der Waals surface area contributed by atoms with Gasteiger partial charge in [0, 0.05) is 12.8 Å². The second-order valence-electron chi connectivity index (χ2n) is 4.05. The van der Waals surface area contributed by atoms with Gasteiger partial charge in [0.25, 0.3) is 0 Å². The van der Waals surface area contributed by atoms with E-state index in [-0.39, 0.29) is 22.7 Å². The third kappa shape index (κ3) is 2.51. The van der Waals surface area contributed by atoms with E-state index >= 15 is 0 Å². The molecular weight excluding hydrogens is 254 g/mol. The van der Waals surface area contributed by atoms with E-state index in [0.717, 1.165) is 0 Å². The summed E-state index contributed by atoms with van der Waals surface area (Å²) in [5.74, 6) is 0. The van der Waals surface area contributed by atoms with Crippen LogP contribution in [0.3, 0.4) is 0 Å². The van der Waals surface area contributed by atoms with Crippen molar-refractivity contribution in [3.8, 4) is 6.07 Å². The van der Waals surface area contributed by atoms with Gasteiger partial charge in [0.05, 0.1) is 12.1 Å². The van der Waals surface area contributed by atoms with E-state index in [2.05, 4.69) is 9.71 Å². The molecule has 0 bridgehead atoms. The van der Waals surface area contributed by atoms with E-state index in [1.54, 1.807) is 6.07 Å². The molecule has 2 unspecified atom stereocenters. The van der Waals surface area contributed by atoms with Crippen molar-refractivity contribution < 1.29 is 13.2 Å². The van der Waals surface area contributed by atoms with Crippen LogP contribution >= 0.6 is 0 Å². The quantitative estimate of drug-likeness (QED) is 0.856. The van der Waals surface area contributed by atoms with Crippen molar-refractivity contribution in [1.82, 2.24) is 9.71 Å². The fourth-order valence-electron chi connectivity index (χ4n) is 1.84. The molecule has 1 aliphatic heterocycles. The lowest BCUT2D eigenvalue weighted by Gasteiger charge is -2.16. The van der Waals surface area contributed by atoms with E-state index in [1.165, 1.54) is 18.3 Å². The molecule has 2 rings (SSSR count). The zero-order chi connectivity index (χ0) is 13.2. The van der Waals surface area contributed by atoms with Crippen LogP contribution in [0.2, 0.25) is 0 Å². The SMILES string of the molecule is CC1OCCC1NS(=O)(=O)c1cccnc1C#N. The van der Waals surface area contributed by atoms with E-state index in [0.29, 0.717) is 13.0 Å². The Morgan fingerprint density at radius 2 is 2.39 bits per heavy atom. The number of nitrogens with zero attached hydrogens (tertiary/aromatic N) is 2. The zero-order valence-corrected chi connectivity index (χ0v) is 10.6. The molecule has 1 N–H and O–H groups in total. The molecule has 0 aromatic carbocycles. The Morgan fingerprint density at radius 1 is 1.61 bits per heavy atom. The molecule has 0 amide bonds. The fraction of sp³-hybridized carbons (Fsp3) is 0.455. The summed E-state index contributed by atoms with van der Waals surface area (Å²) in [5.41, 5.74) is -0.100. The van der Waals surface area contributed by atoms with Gasteiger partial charge in [-0.25, -0.2) is 18.1 Å². The van der Waals surface area contributed by atoms with Crippen molar-refractivity contribution >= 4 is 10.0 Å². The van der Waals surface area contributed by atoms with Crippen molar-refractivity contribution in [1.29, 1.82) is 5.26 Å². The minimum Gasteiger partial charge on any atom is -0.377 e. The van der Waals surface area contributed by atoms with Crippen LogP contribution in [0.4, 0.5) is 0 Å². The summed E-state index contributed by atoms with van der Waals surface area (Å²) >= 11 is 0. The minimum absolute atomic E-state index is 0.0911. The highest BCUT2D eigenvalue weighted by Crippen LogP contribution is 2.18. The van der Waals surface area contributed by atoms with Gasteiger partial charge in [-0.05, 0) is 25.5 Å². The highest BCUT2D eigenvalue weighted by Gasteiger charge is 2.30. The van der Waals surface area contributed by atoms with Crippen LogP contribution in [-0.2, 0) is 14.8 Å². The lowest BCUT2D eigenvalue weighted by Crippen LogP contribution is -2.39. The number of rotatable bonds is 3. The zero-order valence-electron chi connectivity index (χ0n) is 9.83. The number of hydrogen-bond donors (Lipinski definition) is 1. The molecule has 1 saturated heterocycles. The van der Waals surface area contributed by atoms with Gasteiger partial charge in [-0.2, -0.15) is 5.26 Å². The molecule has 0 radical (unpaired) electrons. The Labute approximate surface area is 106 Å². The average Bonchev–Trinajstić information content (AvgIpc) is 2.74. The molecule has 0 spiro atoms. The second-order valence-corrected chi connectivity index (χ2v) is 5.74. The van der Waals surface area contributed by atoms with Crippen LogP contribution in [0.25, 0.3) is 0 Å². The molecule has 18 heavy (non-hydrogen) atoms. The molecule has 96 valence electrons. The van der Waals surface area contributed by atoms with Crippen molar-refractivity contribution in [3.63, 3.8) is 0 Å². The third-order valence-corrected chi connectivity index (χ3v) is 4.37. The van der Waals surface area contributed by atoms with Gasteiger partial charge in [0.1, 0.15) is 11.0 Å². The number of sulfonamides is 1. The van der Waals surface area contributed by atoms with E-state index < -0.39 is 10.0 Å². The first-order valence-corrected chi connectivity index (χ1v) is 7.02. The van der Waals surface area contributed by atoms with Crippen molar-refractivity contribution in [3.05, 3.63) is 24.0 Å². The van der Waals surface area contributed by atoms with E-state index in [4.69, 9.17) is 10.00 Å². The van der Waals surface area contributed by atoms with Crippen molar-refractivity contribution in [2.45, 2.75) is 30.4 Å². The molecular formula is C11H13N3O3S. The number of ether oxygens (including phenoxy) is 1. The highest BCUT2D eigenvalue weighted by molar-refractivity contribution is 7.89. The van der Waals surface area contributed by atoms with Crippen molar-refractivity contribution in [2.75, 3.05) is 6.61 Å². The van der Waals surface area contributed by atoms with Crippen LogP contribution in [0.1, 0.15) is 19.0 Å². The first kappa shape index (κ1) is 13.0. The predicted octanol–water partition coefficient (Wildman–Crippen LogP) is 0.409. The van der Waals surface area contributed by atoms with Gasteiger partial charge >= 0.3 is 0 Å². The Kier molecular flexibility index (Phi) is 3.61. The predicted molar refractivity (Wildman–Crippen MR) is 63.1 cm³/mol. The topological polar surface area (TPSA) is 92.1 Å². The Morgan fingerprint density at radius 3 is 3.00 bits per heavy atom. The summed E-state index contributed by atoms with van der Waals surface area (Å²) in [6.07, 6.45) is 1.85. The maximum Gasteiger partial charge on any atom is 0.243 e. The Balaban J connectivity index is 2.29. The van der Waals surface area contributed by atoms with E-state index in [9.17, 15) is 8.42 Å². The van der Waals surface area contributed by atoms with Crippen LogP contribution < -0.4 is 4.72 Å². The van der Waals surface area contributed by atoms with Gasteiger partial charge in [0.15, 0.2) is 5.69 Å². The molecule has 2 heterocycles. The summed E-state index contributed by atoms with van der Waals surface area (Å²) in [7, 11) is -3.73. The largest absolute Gasteiger partial charge is 0.377 e. The molecule has 0 aliphatic carbocycles. The molecule has 2 atom stereocenters. The first-order valence-electron chi connectivity index (χ1n) is 5.53. The van der Waals surface area contributed by atoms with Crippen LogP contribution in [0, 0.1) is 11.3 Å². The van der Waals surface area contributed by atoms with Crippen LogP contribution in [-0.4, -0.2) is 32.2 Å². The lowest BCUT2D eigenvalue weighted by atomic mass is 10.2. The monoisotopic (exact) mass is 267 g/mol. The molecule has 1 aliphatic rings. The molecule has 1 aromatic heterocycles. The Hall–Kier alpha value is -1.49. The fourth-order valence-corrected chi connectivity index (χ4v) is 3.29. The summed E-state index contributed by atoms with van der Waals surface area (Å²) in [5, 5.41) is 8.87. The van der Waals surface area contributed by atoms with E-state index in [1.807, 2.05) is 6.92 Å². The van der Waals surface area contributed by atoms with Gasteiger partial charge in [-0.15, -0.1) is 0 Å². The van der Waals surface area contributed by atoms with Gasteiger partial charge in [0.2, 0.25) is 10.0 Å². The van der Waals surface area contributed by atoms with Crippen LogP contribution in [0.5, 0.6) is 0 Å². The minimum atomic E-state index is -3.73. The number of nitrogens with one attached hydrogen (secondary N) is 1. The number of aromatic nitrogens is 1. The van der Waals surface area contributed by atoms with Gasteiger partial charge in [-0.3, -0.25) is 0 Å². The summed E-state index contributed by atoms with van der Waals surface area (Å²) in [6, 6.07) is 4.37. The molecule has 1 fully saturated rings. The highest BCUT2D eigenvalue weighted by atomic mass is 32.2. The number of pyridine rings is 1. The molecule has 6 nitrogen and oxygen atoms in total. The number of nitriles is 1. The maximum absolute atomic E-state index is 12.2. The van der Waals surface area contributed by atoms with Gasteiger partial charge in [-0.1, -0.05) is 0 Å². The summed E-state index contributed by atoms with van der Waals surface area (Å²) < 4.78 is 32.2. The maximum atomic E-state index is 12.2. The summed E-state index contributed by atoms with van der Waals surface area (Å²) in [4.78, 5) is 3.65. The normalized spacial score (nSPS) is 23.8. The first-order chi connectivity index (χ1) is 8.54. The number of hydrogen-bond acceptors (Lipinski definition) is 5. The summed E-state index contributed by atoms with van der Waals surface area (Å²) in [6.45, 7) is 2.35. The molecule has 7 heteroatoms. The molecule has 0 saturated carbocycles. The second kappa shape index (κ2) is 5.02. The van der Waals surface area contributed by atoms with Crippen LogP contribution in [0.15, 0.2) is 23.2 Å². The standard InChI is InChI=1S/C11H13N3O3S/c1-8-9(4-6-17-8)14-18(15,16)11-3-2-5-13-10(11)7-12/h2-3,5,8-9,14H,4,6H2,1H3. The Bertz CT molecular complexity index is 579. The van der Waals surface area contributed by atoms with Crippen molar-refractivity contribution in [2.24, 2.45) is 0 Å². The average molecular weight is 267 g/mol.